The molecule has 1 aromatic heterocycles. The fraction of sp³-hybridized carbons (Fsp3) is 0.130. The smallest absolute Gasteiger partial charge is 0.231 e. The molecule has 0 saturated heterocycles. The zero-order valence-electron chi connectivity index (χ0n) is 15.1. The molecule has 5 heteroatoms. The third-order valence-electron chi connectivity index (χ3n) is 4.96. The van der Waals surface area contributed by atoms with Gasteiger partial charge in [-0.05, 0) is 42.3 Å². The summed E-state index contributed by atoms with van der Waals surface area (Å²) in [5.41, 5.74) is 3.77. The Bertz CT molecular complexity index is 1130. The number of amides is 1. The van der Waals surface area contributed by atoms with E-state index in [0.717, 1.165) is 37.8 Å². The first-order valence-electron chi connectivity index (χ1n) is 9.24. The maximum absolute atomic E-state index is 12.9. The average Bonchev–Trinajstić information content (AvgIpc) is 3.18. The Hall–Kier alpha value is -3.18. The number of anilines is 1. The number of hydrogen-bond donors (Lipinski definition) is 1. The van der Waals surface area contributed by atoms with Gasteiger partial charge < -0.3 is 10.1 Å². The van der Waals surface area contributed by atoms with Gasteiger partial charge in [-0.3, -0.25) is 4.79 Å². The summed E-state index contributed by atoms with van der Waals surface area (Å²) in [4.78, 5) is 17.7. The minimum Gasteiger partial charge on any atom is -0.492 e. The predicted octanol–water partition coefficient (Wildman–Crippen LogP) is 5.15. The number of rotatable bonds is 3. The molecule has 1 amide bonds. The van der Waals surface area contributed by atoms with Crippen molar-refractivity contribution in [2.24, 2.45) is 5.92 Å². The van der Waals surface area contributed by atoms with E-state index in [1.165, 1.54) is 0 Å². The topological polar surface area (TPSA) is 51.2 Å². The van der Waals surface area contributed by atoms with Crippen molar-refractivity contribution in [3.63, 3.8) is 0 Å². The van der Waals surface area contributed by atoms with E-state index in [-0.39, 0.29) is 11.8 Å². The van der Waals surface area contributed by atoms with Gasteiger partial charge in [0.2, 0.25) is 5.91 Å². The maximum Gasteiger partial charge on any atom is 0.231 e. The first-order chi connectivity index (χ1) is 13.8. The zero-order chi connectivity index (χ0) is 18.9. The Labute approximate surface area is 166 Å². The van der Waals surface area contributed by atoms with E-state index in [1.54, 1.807) is 11.3 Å². The van der Waals surface area contributed by atoms with Gasteiger partial charge in [-0.25, -0.2) is 4.98 Å². The highest BCUT2D eigenvalue weighted by molar-refractivity contribution is 7.21. The van der Waals surface area contributed by atoms with Gasteiger partial charge in [0.05, 0.1) is 21.8 Å². The minimum atomic E-state index is -0.210. The van der Waals surface area contributed by atoms with E-state index in [9.17, 15) is 4.79 Å². The first-order valence-corrected chi connectivity index (χ1v) is 10.1. The van der Waals surface area contributed by atoms with E-state index in [1.807, 2.05) is 66.7 Å². The molecule has 2 heterocycles. The van der Waals surface area contributed by atoms with E-state index < -0.39 is 0 Å². The van der Waals surface area contributed by atoms with Crippen LogP contribution in [0.3, 0.4) is 0 Å². The van der Waals surface area contributed by atoms with Crippen LogP contribution in [0.1, 0.15) is 5.56 Å². The quantitative estimate of drug-likeness (QED) is 0.530. The van der Waals surface area contributed by atoms with Crippen LogP contribution in [-0.4, -0.2) is 17.5 Å². The van der Waals surface area contributed by atoms with E-state index in [2.05, 4.69) is 11.4 Å². The normalized spacial score (nSPS) is 15.6. The summed E-state index contributed by atoms with van der Waals surface area (Å²) in [6.45, 7) is 0.395. The number of carbonyl (C=O) groups excluding carboxylic acids is 1. The molecule has 0 bridgehead atoms. The van der Waals surface area contributed by atoms with Crippen LogP contribution in [0.15, 0.2) is 72.8 Å². The Balaban J connectivity index is 1.41. The molecule has 0 radical (unpaired) electrons. The Kier molecular flexibility index (Phi) is 4.29. The second kappa shape index (κ2) is 7.09. The molecule has 0 spiro atoms. The first kappa shape index (κ1) is 17.0. The zero-order valence-corrected chi connectivity index (χ0v) is 15.9. The van der Waals surface area contributed by atoms with Crippen LogP contribution >= 0.6 is 11.3 Å². The van der Waals surface area contributed by atoms with Crippen LogP contribution in [-0.2, 0) is 11.2 Å². The number of carbonyl (C=O) groups is 1. The predicted molar refractivity (Wildman–Crippen MR) is 113 cm³/mol. The number of ether oxygens (including phenoxy) is 1. The summed E-state index contributed by atoms with van der Waals surface area (Å²) >= 11 is 1.63. The number of hydrogen-bond acceptors (Lipinski definition) is 4. The lowest BCUT2D eigenvalue weighted by Gasteiger charge is -2.24. The summed E-state index contributed by atoms with van der Waals surface area (Å²) in [6.07, 6.45) is 0.686. The average molecular weight is 386 g/mol. The van der Waals surface area contributed by atoms with Crippen LogP contribution in [0.25, 0.3) is 20.8 Å². The van der Waals surface area contributed by atoms with Crippen LogP contribution < -0.4 is 10.1 Å². The summed E-state index contributed by atoms with van der Waals surface area (Å²) in [5.74, 6) is 0.641. The molecule has 138 valence electrons. The second-order valence-corrected chi connectivity index (χ2v) is 7.87. The van der Waals surface area contributed by atoms with Crippen LogP contribution in [0, 0.1) is 5.92 Å². The third-order valence-corrected chi connectivity index (χ3v) is 6.03. The van der Waals surface area contributed by atoms with Crippen molar-refractivity contribution in [3.8, 4) is 16.3 Å². The molecule has 28 heavy (non-hydrogen) atoms. The molecule has 1 aliphatic heterocycles. The molecule has 0 aliphatic carbocycles. The number of fused-ring (bicyclic) bond motifs is 2. The van der Waals surface area contributed by atoms with Gasteiger partial charge in [-0.15, -0.1) is 11.3 Å². The van der Waals surface area contributed by atoms with Gasteiger partial charge in [-0.1, -0.05) is 42.5 Å². The molecular weight excluding hydrogens is 368 g/mol. The van der Waals surface area contributed by atoms with Gasteiger partial charge in [0, 0.05) is 5.56 Å². The van der Waals surface area contributed by atoms with Crippen LogP contribution in [0.4, 0.5) is 5.69 Å². The lowest BCUT2D eigenvalue weighted by Crippen LogP contribution is -2.32. The fourth-order valence-electron chi connectivity index (χ4n) is 3.50. The molecule has 1 atom stereocenters. The van der Waals surface area contributed by atoms with Crippen molar-refractivity contribution in [3.05, 3.63) is 78.4 Å². The molecule has 3 aromatic carbocycles. The van der Waals surface area contributed by atoms with Gasteiger partial charge in [0.1, 0.15) is 17.4 Å². The standard InChI is InChI=1S/C23H18N2O2S/c26-22(16-13-15-7-1-5-11-20(15)27-14-16)24-18-9-3-2-8-17(18)23-25-19-10-4-6-12-21(19)28-23/h1-12,16H,13-14H2,(H,24,26). The number of nitrogens with zero attached hydrogens (tertiary/aromatic N) is 1. The Morgan fingerprint density at radius 1 is 1.00 bits per heavy atom. The van der Waals surface area contributed by atoms with Crippen molar-refractivity contribution >= 4 is 33.1 Å². The van der Waals surface area contributed by atoms with Gasteiger partial charge in [-0.2, -0.15) is 0 Å². The Morgan fingerprint density at radius 3 is 2.71 bits per heavy atom. The van der Waals surface area contributed by atoms with Crippen LogP contribution in [0.2, 0.25) is 0 Å². The largest absolute Gasteiger partial charge is 0.492 e. The lowest BCUT2D eigenvalue weighted by atomic mass is 9.96. The molecule has 0 saturated carbocycles. The van der Waals surface area contributed by atoms with E-state index >= 15 is 0 Å². The lowest BCUT2D eigenvalue weighted by molar-refractivity contribution is -0.121. The van der Waals surface area contributed by atoms with Crippen molar-refractivity contribution in [1.82, 2.24) is 4.98 Å². The molecule has 1 N–H and O–H groups in total. The molecule has 0 fully saturated rings. The van der Waals surface area contributed by atoms with Crippen molar-refractivity contribution < 1.29 is 9.53 Å². The van der Waals surface area contributed by atoms with Gasteiger partial charge in [0.25, 0.3) is 0 Å². The highest BCUT2D eigenvalue weighted by Gasteiger charge is 2.26. The Morgan fingerprint density at radius 2 is 1.79 bits per heavy atom. The SMILES string of the molecule is O=C(Nc1ccccc1-c1nc2ccccc2s1)C1COc2ccccc2C1. The monoisotopic (exact) mass is 386 g/mol. The number of nitrogens with one attached hydrogen (secondary N) is 1. The fourth-order valence-corrected chi connectivity index (χ4v) is 4.50. The number of aromatic nitrogens is 1. The molecular formula is C23H18N2O2S. The molecule has 4 nitrogen and oxygen atoms in total. The number of para-hydroxylation sites is 3. The van der Waals surface area contributed by atoms with Gasteiger partial charge >= 0.3 is 0 Å². The highest BCUT2D eigenvalue weighted by Crippen LogP contribution is 2.35. The molecule has 1 unspecified atom stereocenters. The van der Waals surface area contributed by atoms with Crippen molar-refractivity contribution in [1.29, 1.82) is 0 Å². The molecule has 4 aromatic rings. The summed E-state index contributed by atoms with van der Waals surface area (Å²) in [6, 6.07) is 23.8. The van der Waals surface area contributed by atoms with E-state index in [4.69, 9.17) is 9.72 Å². The summed E-state index contributed by atoms with van der Waals surface area (Å²) < 4.78 is 6.91. The molecule has 1 aliphatic rings. The number of benzene rings is 3. The van der Waals surface area contributed by atoms with Crippen molar-refractivity contribution in [2.75, 3.05) is 11.9 Å². The highest BCUT2D eigenvalue weighted by atomic mass is 32.1. The maximum atomic E-state index is 12.9. The van der Waals surface area contributed by atoms with E-state index in [0.29, 0.717) is 13.0 Å². The molecule has 5 rings (SSSR count). The summed E-state index contributed by atoms with van der Waals surface area (Å²) in [7, 11) is 0. The summed E-state index contributed by atoms with van der Waals surface area (Å²) in [5, 5.41) is 4.01. The third kappa shape index (κ3) is 3.14. The van der Waals surface area contributed by atoms with Crippen molar-refractivity contribution in [2.45, 2.75) is 6.42 Å². The second-order valence-electron chi connectivity index (χ2n) is 6.84. The number of thiazole rings is 1. The van der Waals surface area contributed by atoms with Gasteiger partial charge in [0.15, 0.2) is 0 Å². The minimum absolute atomic E-state index is 0.0249. The van der Waals surface area contributed by atoms with Crippen LogP contribution in [0.5, 0.6) is 5.75 Å².